The molecule has 2 aromatic rings. The average molecular weight is 388 g/mol. The lowest BCUT2D eigenvalue weighted by Crippen LogP contribution is -2.54. The van der Waals surface area contributed by atoms with Crippen LogP contribution in [0.4, 0.5) is 5.82 Å². The van der Waals surface area contributed by atoms with Crippen LogP contribution in [0.5, 0.6) is 0 Å². The Morgan fingerprint density at radius 2 is 2.15 bits per heavy atom. The highest BCUT2D eigenvalue weighted by molar-refractivity contribution is 7.89. The lowest BCUT2D eigenvalue weighted by atomic mass is 9.65. The van der Waals surface area contributed by atoms with Crippen LogP contribution in [-0.2, 0) is 10.0 Å². The predicted octanol–water partition coefficient (Wildman–Crippen LogP) is 1.78. The van der Waals surface area contributed by atoms with Gasteiger partial charge in [0.25, 0.3) is 0 Å². The summed E-state index contributed by atoms with van der Waals surface area (Å²) in [7, 11) is -1.35. The number of nitrogens with one attached hydrogen (secondary N) is 2. The molecule has 0 aliphatic heterocycles. The third kappa shape index (κ3) is 3.51. The van der Waals surface area contributed by atoms with Crippen LogP contribution >= 0.6 is 0 Å². The molecule has 27 heavy (non-hydrogen) atoms. The fourth-order valence-corrected chi connectivity index (χ4v) is 6.34. The third-order valence-corrected chi connectivity index (χ3v) is 7.64. The van der Waals surface area contributed by atoms with Crippen molar-refractivity contribution < 1.29 is 8.42 Å². The molecule has 2 aliphatic rings. The van der Waals surface area contributed by atoms with E-state index < -0.39 is 10.0 Å². The Labute approximate surface area is 159 Å². The zero-order valence-corrected chi connectivity index (χ0v) is 16.3. The first-order valence-electron chi connectivity index (χ1n) is 9.19. The largest absolute Gasteiger partial charge is 0.356 e. The fraction of sp³-hybridized carbons (Fsp3) is 0.611. The van der Waals surface area contributed by atoms with Crippen LogP contribution in [0.1, 0.15) is 32.6 Å². The van der Waals surface area contributed by atoms with Gasteiger partial charge in [-0.05, 0) is 37.2 Å². The van der Waals surface area contributed by atoms with Crippen LogP contribution in [0, 0.1) is 22.7 Å². The summed E-state index contributed by atoms with van der Waals surface area (Å²) >= 11 is 0. The van der Waals surface area contributed by atoms with E-state index in [0.717, 1.165) is 29.7 Å². The SMILES string of the molecule is CN(c1ncnc2[nH]ccc12)C1CC(NS(=O)(=O)CC2(C)CC(C#N)C2)C1. The van der Waals surface area contributed by atoms with Crippen molar-refractivity contribution in [2.45, 2.75) is 44.7 Å². The fourth-order valence-electron chi connectivity index (χ4n) is 4.41. The van der Waals surface area contributed by atoms with Gasteiger partial charge in [0.15, 0.2) is 0 Å². The lowest BCUT2D eigenvalue weighted by molar-refractivity contribution is 0.139. The van der Waals surface area contributed by atoms with Crippen molar-refractivity contribution in [1.29, 1.82) is 5.26 Å². The summed E-state index contributed by atoms with van der Waals surface area (Å²) in [5, 5.41) is 9.87. The number of fused-ring (bicyclic) bond motifs is 1. The Balaban J connectivity index is 1.33. The Bertz CT molecular complexity index is 983. The number of nitrogens with zero attached hydrogens (tertiary/aromatic N) is 4. The first-order chi connectivity index (χ1) is 12.8. The van der Waals surface area contributed by atoms with Gasteiger partial charge in [0.1, 0.15) is 17.8 Å². The number of anilines is 1. The molecule has 2 heterocycles. The number of rotatable bonds is 6. The average Bonchev–Trinajstić information content (AvgIpc) is 3.03. The molecule has 2 saturated carbocycles. The second kappa shape index (κ2) is 6.46. The minimum atomic E-state index is -3.34. The number of H-pyrrole nitrogens is 1. The van der Waals surface area contributed by atoms with E-state index >= 15 is 0 Å². The molecule has 9 heteroatoms. The molecule has 0 amide bonds. The molecular weight excluding hydrogens is 364 g/mol. The van der Waals surface area contributed by atoms with Crippen LogP contribution in [0.25, 0.3) is 11.0 Å². The second-order valence-corrected chi connectivity index (χ2v) is 10.0. The molecule has 4 rings (SSSR count). The standard InChI is InChI=1S/C18H24N6O2S/c1-18(7-12(8-18)9-19)10-27(25,26)23-13-5-14(6-13)24(2)17-15-3-4-20-16(15)21-11-22-17/h3-4,11-14,23H,5-8,10H2,1-2H3,(H,20,21,22). The quantitative estimate of drug-likeness (QED) is 0.779. The molecule has 0 radical (unpaired) electrons. The van der Waals surface area contributed by atoms with Gasteiger partial charge in [-0.1, -0.05) is 6.92 Å². The van der Waals surface area contributed by atoms with E-state index in [9.17, 15) is 8.42 Å². The predicted molar refractivity (Wildman–Crippen MR) is 102 cm³/mol. The van der Waals surface area contributed by atoms with Gasteiger partial charge < -0.3 is 9.88 Å². The number of hydrogen-bond donors (Lipinski definition) is 2. The summed E-state index contributed by atoms with van der Waals surface area (Å²) in [6.07, 6.45) is 6.22. The number of nitriles is 1. The maximum atomic E-state index is 12.5. The summed E-state index contributed by atoms with van der Waals surface area (Å²) in [4.78, 5) is 13.8. The van der Waals surface area contributed by atoms with Crippen molar-refractivity contribution in [2.24, 2.45) is 11.3 Å². The molecule has 0 unspecified atom stereocenters. The van der Waals surface area contributed by atoms with Gasteiger partial charge in [-0.3, -0.25) is 0 Å². The van der Waals surface area contributed by atoms with Gasteiger partial charge in [-0.15, -0.1) is 0 Å². The highest BCUT2D eigenvalue weighted by Gasteiger charge is 2.44. The molecule has 0 saturated heterocycles. The number of hydrogen-bond acceptors (Lipinski definition) is 6. The number of sulfonamides is 1. The van der Waals surface area contributed by atoms with E-state index in [0.29, 0.717) is 12.8 Å². The first kappa shape index (κ1) is 18.2. The van der Waals surface area contributed by atoms with Gasteiger partial charge in [-0.25, -0.2) is 23.1 Å². The minimum absolute atomic E-state index is 0.00469. The molecule has 2 N–H and O–H groups in total. The molecule has 2 fully saturated rings. The van der Waals surface area contributed by atoms with Gasteiger partial charge in [0.2, 0.25) is 10.0 Å². The molecule has 2 aromatic heterocycles. The summed E-state index contributed by atoms with van der Waals surface area (Å²) in [6.45, 7) is 1.95. The van der Waals surface area contributed by atoms with Crippen LogP contribution in [0.15, 0.2) is 18.6 Å². The Hall–Kier alpha value is -2.18. The zero-order chi connectivity index (χ0) is 19.2. The van der Waals surface area contributed by atoms with Crippen LogP contribution in [-0.4, -0.2) is 48.3 Å². The molecule has 144 valence electrons. The maximum absolute atomic E-state index is 12.5. The molecule has 0 atom stereocenters. The summed E-state index contributed by atoms with van der Waals surface area (Å²) in [5.74, 6) is 0.965. The second-order valence-electron chi connectivity index (χ2n) is 8.29. The normalized spacial score (nSPS) is 30.3. The van der Waals surface area contributed by atoms with Crippen LogP contribution in [0.2, 0.25) is 0 Å². The van der Waals surface area contributed by atoms with Gasteiger partial charge in [0.05, 0.1) is 17.2 Å². The monoisotopic (exact) mass is 388 g/mol. The van der Waals surface area contributed by atoms with Gasteiger partial charge in [-0.2, -0.15) is 5.26 Å². The molecule has 0 aromatic carbocycles. The topological polar surface area (TPSA) is 115 Å². The number of aromatic nitrogens is 3. The lowest BCUT2D eigenvalue weighted by Gasteiger charge is -2.44. The van der Waals surface area contributed by atoms with E-state index in [1.54, 1.807) is 0 Å². The van der Waals surface area contributed by atoms with Crippen molar-refractivity contribution in [3.63, 3.8) is 0 Å². The molecular formula is C18H24N6O2S. The van der Waals surface area contributed by atoms with Crippen LogP contribution < -0.4 is 9.62 Å². The molecule has 0 bridgehead atoms. The first-order valence-corrected chi connectivity index (χ1v) is 10.8. The smallest absolute Gasteiger partial charge is 0.212 e. The van der Waals surface area contributed by atoms with Crippen LogP contribution in [0.3, 0.4) is 0 Å². The van der Waals surface area contributed by atoms with Crippen molar-refractivity contribution >= 4 is 26.9 Å². The van der Waals surface area contributed by atoms with Gasteiger partial charge in [0, 0.05) is 31.2 Å². The molecule has 8 nitrogen and oxygen atoms in total. The third-order valence-electron chi connectivity index (χ3n) is 5.87. The highest BCUT2D eigenvalue weighted by Crippen LogP contribution is 2.45. The van der Waals surface area contributed by atoms with E-state index in [1.807, 2.05) is 26.2 Å². The minimum Gasteiger partial charge on any atom is -0.356 e. The summed E-state index contributed by atoms with van der Waals surface area (Å²) < 4.78 is 27.8. The summed E-state index contributed by atoms with van der Waals surface area (Å²) in [6, 6.07) is 4.37. The number of aromatic amines is 1. The Morgan fingerprint density at radius 3 is 2.85 bits per heavy atom. The van der Waals surface area contributed by atoms with Crippen molar-refractivity contribution in [3.8, 4) is 6.07 Å². The molecule has 2 aliphatic carbocycles. The Morgan fingerprint density at radius 1 is 1.41 bits per heavy atom. The Kier molecular flexibility index (Phi) is 4.35. The van der Waals surface area contributed by atoms with E-state index in [4.69, 9.17) is 5.26 Å². The zero-order valence-electron chi connectivity index (χ0n) is 15.5. The van der Waals surface area contributed by atoms with Gasteiger partial charge >= 0.3 is 0 Å². The van der Waals surface area contributed by atoms with E-state index in [-0.39, 0.29) is 29.2 Å². The van der Waals surface area contributed by atoms with E-state index in [2.05, 4.69) is 30.6 Å². The molecule has 0 spiro atoms. The maximum Gasteiger partial charge on any atom is 0.212 e. The summed E-state index contributed by atoms with van der Waals surface area (Å²) in [5.41, 5.74) is 0.528. The highest BCUT2D eigenvalue weighted by atomic mass is 32.2. The van der Waals surface area contributed by atoms with Crippen molar-refractivity contribution in [2.75, 3.05) is 17.7 Å². The van der Waals surface area contributed by atoms with E-state index in [1.165, 1.54) is 6.33 Å². The van der Waals surface area contributed by atoms with Crippen molar-refractivity contribution in [3.05, 3.63) is 18.6 Å². The van der Waals surface area contributed by atoms with Crippen molar-refractivity contribution in [1.82, 2.24) is 19.7 Å².